The van der Waals surface area contributed by atoms with Crippen LogP contribution in [0.15, 0.2) is 29.2 Å². The molecule has 0 atom stereocenters. The molecule has 0 aliphatic heterocycles. The molecule has 7 nitrogen and oxygen atoms in total. The largest absolute Gasteiger partial charge is 0.379 e. The third-order valence-electron chi connectivity index (χ3n) is 2.68. The molecular weight excluding hydrogens is 344 g/mol. The van der Waals surface area contributed by atoms with E-state index in [0.29, 0.717) is 39.4 Å². The zero-order valence-corrected chi connectivity index (χ0v) is 14.5. The predicted octanol–water partition coefficient (Wildman–Crippen LogP) is 1.77. The normalized spacial score (nSPS) is 11.2. The fraction of sp³-hybridized carbons (Fsp3) is 0.500. The molecule has 23 heavy (non-hydrogen) atoms. The third kappa shape index (κ3) is 7.65. The van der Waals surface area contributed by atoms with Gasteiger partial charge in [0.2, 0.25) is 0 Å². The van der Waals surface area contributed by atoms with Gasteiger partial charge >= 0.3 is 6.03 Å². The van der Waals surface area contributed by atoms with E-state index in [1.54, 1.807) is 6.07 Å². The second-order valence-corrected chi connectivity index (χ2v) is 6.51. The maximum absolute atomic E-state index is 12.0. The highest BCUT2D eigenvalue weighted by Crippen LogP contribution is 2.19. The minimum atomic E-state index is -3.99. The summed E-state index contributed by atoms with van der Waals surface area (Å²) in [5.74, 6) is 0. The van der Waals surface area contributed by atoms with E-state index in [-0.39, 0.29) is 9.92 Å². The predicted molar refractivity (Wildman–Crippen MR) is 87.1 cm³/mol. The van der Waals surface area contributed by atoms with Crippen molar-refractivity contribution in [1.29, 1.82) is 0 Å². The van der Waals surface area contributed by atoms with E-state index in [9.17, 15) is 13.2 Å². The van der Waals surface area contributed by atoms with Gasteiger partial charge in [0.1, 0.15) is 4.90 Å². The Balaban J connectivity index is 2.27. The van der Waals surface area contributed by atoms with Gasteiger partial charge in [0.15, 0.2) is 0 Å². The van der Waals surface area contributed by atoms with E-state index in [2.05, 4.69) is 5.32 Å². The molecule has 0 fully saturated rings. The summed E-state index contributed by atoms with van der Waals surface area (Å²) in [6, 6.07) is 5.09. The number of hydrogen-bond donors (Lipinski definition) is 2. The van der Waals surface area contributed by atoms with Gasteiger partial charge in [-0.3, -0.25) is 0 Å². The van der Waals surface area contributed by atoms with Gasteiger partial charge in [-0.25, -0.2) is 17.9 Å². The first-order valence-electron chi connectivity index (χ1n) is 7.18. The highest BCUT2D eigenvalue weighted by atomic mass is 35.5. The number of benzene rings is 1. The molecule has 130 valence electrons. The van der Waals surface area contributed by atoms with Gasteiger partial charge in [-0.1, -0.05) is 23.7 Å². The number of hydrogen-bond acceptors (Lipinski definition) is 5. The topological polar surface area (TPSA) is 93.7 Å². The van der Waals surface area contributed by atoms with Crippen molar-refractivity contribution >= 4 is 27.7 Å². The minimum absolute atomic E-state index is 0.0514. The van der Waals surface area contributed by atoms with Crippen LogP contribution in [0.4, 0.5) is 4.79 Å². The van der Waals surface area contributed by atoms with Crippen molar-refractivity contribution in [3.05, 3.63) is 29.3 Å². The molecule has 0 saturated carbocycles. The van der Waals surface area contributed by atoms with Gasteiger partial charge in [-0.15, -0.1) is 0 Å². The summed E-state index contributed by atoms with van der Waals surface area (Å²) in [6.45, 7) is 4.30. The van der Waals surface area contributed by atoms with Crippen LogP contribution in [0, 0.1) is 0 Å². The second kappa shape index (κ2) is 10.4. The van der Waals surface area contributed by atoms with Crippen LogP contribution in [0.2, 0.25) is 5.02 Å². The van der Waals surface area contributed by atoms with Crippen LogP contribution in [0.5, 0.6) is 0 Å². The Labute approximate surface area is 141 Å². The number of ether oxygens (including phenoxy) is 2. The van der Waals surface area contributed by atoms with Crippen LogP contribution in [-0.2, 0) is 19.5 Å². The molecule has 1 aromatic rings. The monoisotopic (exact) mass is 364 g/mol. The van der Waals surface area contributed by atoms with Crippen molar-refractivity contribution in [3.63, 3.8) is 0 Å². The van der Waals surface area contributed by atoms with E-state index >= 15 is 0 Å². The highest BCUT2D eigenvalue weighted by Gasteiger charge is 2.19. The van der Waals surface area contributed by atoms with Crippen molar-refractivity contribution < 1.29 is 22.7 Å². The molecule has 0 saturated heterocycles. The van der Waals surface area contributed by atoms with E-state index in [1.807, 2.05) is 11.6 Å². The van der Waals surface area contributed by atoms with E-state index in [4.69, 9.17) is 21.1 Å². The number of nitrogens with one attached hydrogen (secondary N) is 2. The number of amides is 2. The van der Waals surface area contributed by atoms with Crippen LogP contribution in [-0.4, -0.2) is 47.4 Å². The first-order valence-corrected chi connectivity index (χ1v) is 9.04. The Bertz CT molecular complexity index is 595. The van der Waals surface area contributed by atoms with Crippen LogP contribution in [0.25, 0.3) is 0 Å². The number of rotatable bonds is 10. The van der Waals surface area contributed by atoms with Gasteiger partial charge in [0.05, 0.1) is 18.2 Å². The second-order valence-electron chi connectivity index (χ2n) is 4.45. The van der Waals surface area contributed by atoms with E-state index < -0.39 is 16.1 Å². The lowest BCUT2D eigenvalue weighted by molar-refractivity contribution is 0.0521. The summed E-state index contributed by atoms with van der Waals surface area (Å²) in [4.78, 5) is 11.5. The van der Waals surface area contributed by atoms with Crippen LogP contribution in [0.3, 0.4) is 0 Å². The lowest BCUT2D eigenvalue weighted by Gasteiger charge is -2.10. The summed E-state index contributed by atoms with van der Waals surface area (Å²) >= 11 is 5.81. The molecule has 0 unspecified atom stereocenters. The van der Waals surface area contributed by atoms with Gasteiger partial charge < -0.3 is 14.8 Å². The summed E-state index contributed by atoms with van der Waals surface area (Å²) < 4.78 is 36.3. The smallest absolute Gasteiger partial charge is 0.328 e. The molecule has 1 aromatic carbocycles. The lowest BCUT2D eigenvalue weighted by atomic mass is 10.4. The number of carbonyl (C=O) groups is 1. The summed E-state index contributed by atoms with van der Waals surface area (Å²) in [7, 11) is -3.99. The zero-order valence-electron chi connectivity index (χ0n) is 12.9. The Morgan fingerprint density at radius 3 is 2.57 bits per heavy atom. The number of urea groups is 1. The summed E-state index contributed by atoms with van der Waals surface area (Å²) in [6.07, 6.45) is 0.561. The van der Waals surface area contributed by atoms with Crippen LogP contribution >= 0.6 is 11.6 Å². The van der Waals surface area contributed by atoms with Crippen LogP contribution in [0.1, 0.15) is 13.3 Å². The summed E-state index contributed by atoms with van der Waals surface area (Å²) in [5, 5.41) is 2.50. The fourth-order valence-corrected chi connectivity index (χ4v) is 3.07. The van der Waals surface area contributed by atoms with Gasteiger partial charge in [0, 0.05) is 19.8 Å². The Hall–Kier alpha value is -1.35. The van der Waals surface area contributed by atoms with Gasteiger partial charge in [-0.2, -0.15) is 0 Å². The zero-order chi connectivity index (χ0) is 17.1. The maximum atomic E-state index is 12.0. The molecule has 2 amide bonds. The Morgan fingerprint density at radius 1 is 1.17 bits per heavy atom. The molecule has 2 N–H and O–H groups in total. The molecule has 0 heterocycles. The minimum Gasteiger partial charge on any atom is -0.379 e. The van der Waals surface area contributed by atoms with Crippen molar-refractivity contribution in [2.75, 3.05) is 33.0 Å². The average Bonchev–Trinajstić information content (AvgIpc) is 2.49. The van der Waals surface area contributed by atoms with E-state index in [1.165, 1.54) is 18.2 Å². The average molecular weight is 365 g/mol. The molecule has 0 aliphatic carbocycles. The van der Waals surface area contributed by atoms with Crippen molar-refractivity contribution in [1.82, 2.24) is 10.0 Å². The standard InChI is InChI=1S/C14H21ClN2O5S/c1-2-21-10-11-22-9-5-8-16-14(18)17-23(19,20)13-7-4-3-6-12(13)15/h3-4,6-7H,2,5,8-11H2,1H3,(H2,16,17,18). The third-order valence-corrected chi connectivity index (χ3v) is 4.51. The SMILES string of the molecule is CCOCCOCCCNC(=O)NS(=O)(=O)c1ccccc1Cl. The quantitative estimate of drug-likeness (QED) is 0.617. The van der Waals surface area contributed by atoms with Crippen molar-refractivity contribution in [2.45, 2.75) is 18.2 Å². The molecule has 0 spiro atoms. The molecule has 0 bridgehead atoms. The first kappa shape index (κ1) is 19.7. The fourth-order valence-electron chi connectivity index (χ4n) is 1.62. The summed E-state index contributed by atoms with van der Waals surface area (Å²) in [5.41, 5.74) is 0. The molecule has 0 aliphatic rings. The first-order chi connectivity index (χ1) is 11.0. The number of sulfonamides is 1. The van der Waals surface area contributed by atoms with Crippen molar-refractivity contribution in [2.24, 2.45) is 0 Å². The number of carbonyl (C=O) groups excluding carboxylic acids is 1. The molecule has 0 aromatic heterocycles. The molecular formula is C14H21ClN2O5S. The lowest BCUT2D eigenvalue weighted by Crippen LogP contribution is -2.40. The van der Waals surface area contributed by atoms with Gasteiger partial charge in [0.25, 0.3) is 10.0 Å². The van der Waals surface area contributed by atoms with Crippen molar-refractivity contribution in [3.8, 4) is 0 Å². The molecule has 1 rings (SSSR count). The Morgan fingerprint density at radius 2 is 1.87 bits per heavy atom. The number of halogens is 1. The van der Waals surface area contributed by atoms with Gasteiger partial charge in [-0.05, 0) is 25.5 Å². The Kier molecular flexibility index (Phi) is 8.93. The van der Waals surface area contributed by atoms with Crippen LogP contribution < -0.4 is 10.0 Å². The molecule has 9 heteroatoms. The maximum Gasteiger partial charge on any atom is 0.328 e. The molecule has 0 radical (unpaired) electrons. The highest BCUT2D eigenvalue weighted by molar-refractivity contribution is 7.90. The van der Waals surface area contributed by atoms with E-state index in [0.717, 1.165) is 0 Å².